The Kier molecular flexibility index (Phi) is 6.02. The summed E-state index contributed by atoms with van der Waals surface area (Å²) in [5, 5.41) is 0.666. The molecule has 1 aromatic heterocycles. The van der Waals surface area contributed by atoms with Crippen molar-refractivity contribution in [3.05, 3.63) is 88.3 Å². The molecule has 0 amide bonds. The highest BCUT2D eigenvalue weighted by Crippen LogP contribution is 2.40. The van der Waals surface area contributed by atoms with Crippen molar-refractivity contribution in [1.29, 1.82) is 0 Å². The van der Waals surface area contributed by atoms with E-state index in [1.54, 1.807) is 12.5 Å². The molecule has 0 spiro atoms. The summed E-state index contributed by atoms with van der Waals surface area (Å²) in [6, 6.07) is 15.8. The lowest BCUT2D eigenvalue weighted by atomic mass is 9.82. The topological polar surface area (TPSA) is 39.4 Å². The predicted octanol–water partition coefficient (Wildman–Crippen LogP) is 6.24. The van der Waals surface area contributed by atoms with E-state index in [-0.39, 0.29) is 17.8 Å². The summed E-state index contributed by atoms with van der Waals surface area (Å²) in [7, 11) is 0. The van der Waals surface area contributed by atoms with Gasteiger partial charge in [0.2, 0.25) is 0 Å². The van der Waals surface area contributed by atoms with Gasteiger partial charge in [-0.15, -0.1) is 0 Å². The molecule has 140 valence electrons. The molecule has 0 aliphatic heterocycles. The van der Waals surface area contributed by atoms with Gasteiger partial charge in [0.15, 0.2) is 0 Å². The first-order valence-corrected chi connectivity index (χ1v) is 9.40. The summed E-state index contributed by atoms with van der Waals surface area (Å²) in [4.78, 5) is 11.7. The van der Waals surface area contributed by atoms with E-state index in [2.05, 4.69) is 26.0 Å². The van der Waals surface area contributed by atoms with E-state index in [4.69, 9.17) is 20.8 Å². The molecule has 0 saturated carbocycles. The van der Waals surface area contributed by atoms with Gasteiger partial charge >= 0.3 is 5.97 Å². The first kappa shape index (κ1) is 19.2. The zero-order valence-corrected chi connectivity index (χ0v) is 16.5. The number of benzene rings is 2. The van der Waals surface area contributed by atoms with Crippen LogP contribution in [-0.4, -0.2) is 5.97 Å². The number of carbonyl (C=O) groups excluding carboxylic acids is 1. The molecule has 0 radical (unpaired) electrons. The second-order valence-corrected chi connectivity index (χ2v) is 7.42. The van der Waals surface area contributed by atoms with Crippen LogP contribution in [0.3, 0.4) is 0 Å². The number of esters is 1. The fraction of sp³-hybridized carbons (Fsp3) is 0.261. The normalized spacial score (nSPS) is 12.2. The highest BCUT2D eigenvalue weighted by molar-refractivity contribution is 6.31. The molecule has 0 fully saturated rings. The molecule has 2 aromatic carbocycles. The lowest BCUT2D eigenvalue weighted by molar-refractivity contribution is -0.131. The van der Waals surface area contributed by atoms with Gasteiger partial charge in [-0.3, -0.25) is 4.79 Å². The molecule has 0 bridgehead atoms. The smallest absolute Gasteiger partial charge is 0.308 e. The molecular weight excluding hydrogens is 360 g/mol. The third-order valence-corrected chi connectivity index (χ3v) is 4.93. The molecule has 0 aliphatic rings. The van der Waals surface area contributed by atoms with Crippen molar-refractivity contribution >= 4 is 17.6 Å². The largest absolute Gasteiger partial charge is 0.472 e. The van der Waals surface area contributed by atoms with Crippen LogP contribution in [0, 0.1) is 5.92 Å². The fourth-order valence-corrected chi connectivity index (χ4v) is 3.66. The van der Waals surface area contributed by atoms with E-state index in [0.717, 1.165) is 22.3 Å². The molecular formula is C23H23ClO3. The molecule has 27 heavy (non-hydrogen) atoms. The highest BCUT2D eigenvalue weighted by Gasteiger charge is 2.25. The van der Waals surface area contributed by atoms with Crippen molar-refractivity contribution < 1.29 is 13.9 Å². The molecule has 1 heterocycles. The molecule has 0 aliphatic carbocycles. The minimum atomic E-state index is -0.348. The van der Waals surface area contributed by atoms with E-state index < -0.39 is 0 Å². The van der Waals surface area contributed by atoms with Crippen molar-refractivity contribution in [2.45, 2.75) is 33.1 Å². The Morgan fingerprint density at radius 1 is 1.15 bits per heavy atom. The number of hydrogen-bond donors (Lipinski definition) is 0. The Hall–Kier alpha value is -2.52. The van der Waals surface area contributed by atoms with E-state index in [0.29, 0.717) is 17.2 Å². The van der Waals surface area contributed by atoms with Crippen molar-refractivity contribution in [2.75, 3.05) is 0 Å². The van der Waals surface area contributed by atoms with Gasteiger partial charge in [0.1, 0.15) is 5.75 Å². The highest BCUT2D eigenvalue weighted by atomic mass is 35.5. The molecule has 1 atom stereocenters. The van der Waals surface area contributed by atoms with Crippen LogP contribution in [0.25, 0.3) is 0 Å². The van der Waals surface area contributed by atoms with Crippen LogP contribution >= 0.6 is 11.6 Å². The lowest BCUT2D eigenvalue weighted by Gasteiger charge is -2.23. The van der Waals surface area contributed by atoms with Crippen LogP contribution in [0.5, 0.6) is 5.75 Å². The van der Waals surface area contributed by atoms with E-state index in [1.165, 1.54) is 6.92 Å². The van der Waals surface area contributed by atoms with Gasteiger partial charge in [-0.25, -0.2) is 0 Å². The zero-order chi connectivity index (χ0) is 19.4. The second-order valence-electron chi connectivity index (χ2n) is 7.02. The fourth-order valence-electron chi connectivity index (χ4n) is 3.42. The zero-order valence-electron chi connectivity index (χ0n) is 15.7. The summed E-state index contributed by atoms with van der Waals surface area (Å²) >= 11 is 6.63. The van der Waals surface area contributed by atoms with E-state index in [1.807, 2.05) is 36.4 Å². The number of carbonyl (C=O) groups is 1. The Morgan fingerprint density at radius 2 is 1.89 bits per heavy atom. The summed E-state index contributed by atoms with van der Waals surface area (Å²) in [5.41, 5.74) is 4.00. The summed E-state index contributed by atoms with van der Waals surface area (Å²) in [6.07, 6.45) is 4.06. The average molecular weight is 383 g/mol. The SMILES string of the molecule is CC(=O)Oc1cc(Cc2ccccc2)c(Cl)cc1C(c1ccoc1)C(C)C. The van der Waals surface area contributed by atoms with Crippen LogP contribution in [0.15, 0.2) is 65.5 Å². The van der Waals surface area contributed by atoms with Crippen molar-refractivity contribution in [2.24, 2.45) is 5.92 Å². The number of furan rings is 1. The first-order chi connectivity index (χ1) is 13.0. The molecule has 0 saturated heterocycles. The van der Waals surface area contributed by atoms with Gasteiger partial charge in [0.25, 0.3) is 0 Å². The van der Waals surface area contributed by atoms with Gasteiger partial charge in [0.05, 0.1) is 12.5 Å². The van der Waals surface area contributed by atoms with Crippen molar-refractivity contribution in [1.82, 2.24) is 0 Å². The van der Waals surface area contributed by atoms with Crippen molar-refractivity contribution in [3.8, 4) is 5.75 Å². The number of halogens is 1. The Labute approximate surface area is 164 Å². The minimum absolute atomic E-state index is 0.0152. The van der Waals surface area contributed by atoms with E-state index in [9.17, 15) is 4.79 Å². The quantitative estimate of drug-likeness (QED) is 0.374. The standard InChI is InChI=1S/C23H23ClO3/c1-15(2)23(18-9-10-26-14-18)20-13-21(24)19(12-22(20)27-16(3)25)11-17-7-5-4-6-8-17/h4-10,12-15,23H,11H2,1-3H3. The van der Waals surface area contributed by atoms with Crippen LogP contribution in [-0.2, 0) is 11.2 Å². The Morgan fingerprint density at radius 3 is 2.48 bits per heavy atom. The maximum Gasteiger partial charge on any atom is 0.308 e. The lowest BCUT2D eigenvalue weighted by Crippen LogP contribution is -2.12. The first-order valence-electron chi connectivity index (χ1n) is 9.02. The monoisotopic (exact) mass is 382 g/mol. The molecule has 3 nitrogen and oxygen atoms in total. The second kappa shape index (κ2) is 8.45. The van der Waals surface area contributed by atoms with E-state index >= 15 is 0 Å². The number of rotatable bonds is 6. The molecule has 0 N–H and O–H groups in total. The third-order valence-electron chi connectivity index (χ3n) is 4.57. The molecule has 3 aromatic rings. The van der Waals surface area contributed by atoms with Gasteiger partial charge in [-0.2, -0.15) is 0 Å². The maximum atomic E-state index is 11.7. The van der Waals surface area contributed by atoms with Gasteiger partial charge in [-0.05, 0) is 47.2 Å². The minimum Gasteiger partial charge on any atom is -0.472 e. The Bertz CT molecular complexity index is 899. The predicted molar refractivity (Wildman–Crippen MR) is 107 cm³/mol. The third kappa shape index (κ3) is 4.61. The molecule has 3 rings (SSSR count). The van der Waals surface area contributed by atoms with Crippen LogP contribution in [0.4, 0.5) is 0 Å². The molecule has 4 heteroatoms. The molecule has 1 unspecified atom stereocenters. The maximum absolute atomic E-state index is 11.7. The summed E-state index contributed by atoms with van der Waals surface area (Å²) in [5.74, 6) is 0.492. The van der Waals surface area contributed by atoms with Gasteiger partial charge in [0, 0.05) is 23.4 Å². The Balaban J connectivity index is 2.07. The average Bonchev–Trinajstić information content (AvgIpc) is 3.13. The van der Waals surface area contributed by atoms with Crippen molar-refractivity contribution in [3.63, 3.8) is 0 Å². The van der Waals surface area contributed by atoms with Crippen LogP contribution in [0.2, 0.25) is 5.02 Å². The van der Waals surface area contributed by atoms with Gasteiger partial charge < -0.3 is 9.15 Å². The number of hydrogen-bond acceptors (Lipinski definition) is 3. The summed E-state index contributed by atoms with van der Waals surface area (Å²) < 4.78 is 10.9. The number of ether oxygens (including phenoxy) is 1. The van der Waals surface area contributed by atoms with Crippen LogP contribution < -0.4 is 4.74 Å². The van der Waals surface area contributed by atoms with Crippen LogP contribution in [0.1, 0.15) is 48.9 Å². The van der Waals surface area contributed by atoms with Gasteiger partial charge in [-0.1, -0.05) is 55.8 Å². The summed E-state index contributed by atoms with van der Waals surface area (Å²) in [6.45, 7) is 5.67.